The summed E-state index contributed by atoms with van der Waals surface area (Å²) in [5.41, 5.74) is 6.40. The third-order valence-corrected chi connectivity index (χ3v) is 3.67. The predicted octanol–water partition coefficient (Wildman–Crippen LogP) is -3.91. The van der Waals surface area contributed by atoms with Crippen LogP contribution in [-0.2, 0) is 9.47 Å². The minimum atomic E-state index is -1.04. The maximum absolute atomic E-state index is 10.1. The zero-order valence-corrected chi connectivity index (χ0v) is 10.9. The van der Waals surface area contributed by atoms with Gasteiger partial charge in [0.15, 0.2) is 18.1 Å². The summed E-state index contributed by atoms with van der Waals surface area (Å²) in [7, 11) is 1.51. The Hall–Kier alpha value is -1.52. The average Bonchev–Trinajstić information content (AvgIpc) is 2.97. The van der Waals surface area contributed by atoms with Crippen molar-refractivity contribution in [3.05, 3.63) is 11.5 Å². The van der Waals surface area contributed by atoms with E-state index in [9.17, 15) is 10.2 Å². The number of nitrogens with two attached hydrogens (primary N) is 1. The van der Waals surface area contributed by atoms with Crippen LogP contribution in [0.25, 0.3) is 0 Å². The van der Waals surface area contributed by atoms with Crippen molar-refractivity contribution >= 4 is 12.7 Å². The monoisotopic (exact) mass is 284 g/mol. The lowest BCUT2D eigenvalue weighted by molar-refractivity contribution is -0.873. The van der Waals surface area contributed by atoms with Gasteiger partial charge in [-0.3, -0.25) is 0 Å². The minimum absolute atomic E-state index is 0.208. The van der Waals surface area contributed by atoms with Gasteiger partial charge < -0.3 is 30.7 Å². The highest BCUT2D eigenvalue weighted by Crippen LogP contribution is 2.20. The number of nitrogens with one attached hydrogen (secondary N) is 2. The first-order valence-electron chi connectivity index (χ1n) is 6.32. The van der Waals surface area contributed by atoms with Crippen LogP contribution < -0.4 is 16.0 Å². The summed E-state index contributed by atoms with van der Waals surface area (Å²) < 4.78 is 10.7. The standard InChI is InChI=1S/C11H17N5O4/c1-19-2-5-7(17)8(18)11(20-5)16-4-15-6-9(12)13-3-14-10(6)16/h3-5,7-8,10-11,17-18H,2,12H2,1H3,(H,13,14)/p+1/t5-,7-,8-,10?,11-/m1/s1. The Kier molecular flexibility index (Phi) is 3.44. The second-order valence-corrected chi connectivity index (χ2v) is 4.91. The van der Waals surface area contributed by atoms with Gasteiger partial charge in [-0.1, -0.05) is 0 Å². The lowest BCUT2D eigenvalue weighted by atomic mass is 10.1. The van der Waals surface area contributed by atoms with Crippen LogP contribution in [0.5, 0.6) is 0 Å². The van der Waals surface area contributed by atoms with Crippen molar-refractivity contribution in [1.82, 2.24) is 5.32 Å². The van der Waals surface area contributed by atoms with Crippen molar-refractivity contribution in [3.63, 3.8) is 0 Å². The number of aliphatic hydroxyl groups is 2. The van der Waals surface area contributed by atoms with Crippen molar-refractivity contribution < 1.29 is 24.6 Å². The number of fused-ring (bicyclic) bond motifs is 1. The van der Waals surface area contributed by atoms with Gasteiger partial charge in [0.2, 0.25) is 12.4 Å². The van der Waals surface area contributed by atoms with Crippen molar-refractivity contribution in [1.29, 1.82) is 0 Å². The lowest BCUT2D eigenvalue weighted by Crippen LogP contribution is -3.18. The Bertz CT molecular complexity index is 479. The molecule has 6 atom stereocenters. The Balaban J connectivity index is 1.79. The summed E-state index contributed by atoms with van der Waals surface area (Å²) in [5, 5.41) is 22.9. The molecule has 6 N–H and O–H groups in total. The highest BCUT2D eigenvalue weighted by molar-refractivity contribution is 5.63. The Morgan fingerprint density at radius 2 is 2.30 bits per heavy atom. The topological polar surface area (TPSA) is 126 Å². The first-order chi connectivity index (χ1) is 9.63. The van der Waals surface area contributed by atoms with Crippen molar-refractivity contribution in [2.24, 2.45) is 15.7 Å². The molecule has 0 aromatic rings. The number of nitrogens with zero attached hydrogens (tertiary/aromatic N) is 2. The van der Waals surface area contributed by atoms with Gasteiger partial charge in [-0.15, -0.1) is 0 Å². The van der Waals surface area contributed by atoms with Gasteiger partial charge in [0, 0.05) is 7.11 Å². The van der Waals surface area contributed by atoms with E-state index in [4.69, 9.17) is 15.2 Å². The van der Waals surface area contributed by atoms with E-state index in [1.807, 2.05) is 0 Å². The first kappa shape index (κ1) is 13.5. The molecule has 0 bridgehead atoms. The maximum atomic E-state index is 10.1. The fraction of sp³-hybridized carbons (Fsp3) is 0.636. The number of methoxy groups -OCH3 is 1. The van der Waals surface area contributed by atoms with Gasteiger partial charge in [-0.05, 0) is 0 Å². The molecule has 20 heavy (non-hydrogen) atoms. The van der Waals surface area contributed by atoms with Gasteiger partial charge in [0.1, 0.15) is 18.0 Å². The van der Waals surface area contributed by atoms with E-state index >= 15 is 0 Å². The number of quaternary nitrogens is 1. The Labute approximate surface area is 115 Å². The quantitative estimate of drug-likeness (QED) is 0.360. The van der Waals surface area contributed by atoms with Gasteiger partial charge >= 0.3 is 0 Å². The number of hydrogen-bond acceptors (Lipinski definition) is 8. The van der Waals surface area contributed by atoms with Gasteiger partial charge in [0.25, 0.3) is 0 Å². The van der Waals surface area contributed by atoms with Crippen LogP contribution in [0.4, 0.5) is 0 Å². The van der Waals surface area contributed by atoms with Crippen molar-refractivity contribution in [3.8, 4) is 0 Å². The lowest BCUT2D eigenvalue weighted by Gasteiger charge is -2.25. The molecule has 0 aromatic heterocycles. The molecule has 0 aromatic carbocycles. The zero-order chi connectivity index (χ0) is 14.3. The number of hydrogen-bond donors (Lipinski definition) is 5. The molecule has 2 unspecified atom stereocenters. The molecular weight excluding hydrogens is 266 g/mol. The summed E-state index contributed by atoms with van der Waals surface area (Å²) in [6.07, 6.45) is -0.574. The van der Waals surface area contributed by atoms with Crippen molar-refractivity contribution in [2.75, 3.05) is 13.7 Å². The molecule has 0 radical (unpaired) electrons. The summed E-state index contributed by atoms with van der Waals surface area (Å²) in [6.45, 7) is 0.208. The zero-order valence-electron chi connectivity index (χ0n) is 10.9. The van der Waals surface area contributed by atoms with Crippen LogP contribution in [0, 0.1) is 0 Å². The van der Waals surface area contributed by atoms with E-state index in [0.29, 0.717) is 16.4 Å². The van der Waals surface area contributed by atoms with Crippen LogP contribution in [0.3, 0.4) is 0 Å². The van der Waals surface area contributed by atoms with E-state index in [0.717, 1.165) is 0 Å². The van der Waals surface area contributed by atoms with Crippen LogP contribution in [0.2, 0.25) is 0 Å². The number of aliphatic hydroxyl groups excluding tert-OH is 2. The number of aliphatic imine (C=N–C) groups is 2. The molecule has 9 nitrogen and oxygen atoms in total. The van der Waals surface area contributed by atoms with Crippen molar-refractivity contribution in [2.45, 2.75) is 30.7 Å². The van der Waals surface area contributed by atoms with Crippen LogP contribution in [0.1, 0.15) is 0 Å². The first-order valence-corrected chi connectivity index (χ1v) is 6.32. The molecule has 0 aliphatic carbocycles. The normalized spacial score (nSPS) is 43.0. The molecule has 110 valence electrons. The van der Waals surface area contributed by atoms with E-state index < -0.39 is 24.5 Å². The molecule has 0 spiro atoms. The minimum Gasteiger partial charge on any atom is -0.387 e. The molecule has 3 aliphatic heterocycles. The molecule has 1 fully saturated rings. The average molecular weight is 284 g/mol. The Morgan fingerprint density at radius 1 is 1.50 bits per heavy atom. The maximum Gasteiger partial charge on any atom is 0.237 e. The molecule has 3 aliphatic rings. The fourth-order valence-electron chi connectivity index (χ4n) is 2.63. The molecule has 0 amide bonds. The third kappa shape index (κ3) is 2.00. The second-order valence-electron chi connectivity index (χ2n) is 4.91. The molecule has 0 saturated carbocycles. The molecule has 3 heterocycles. The van der Waals surface area contributed by atoms with Gasteiger partial charge in [0.05, 0.1) is 12.9 Å². The van der Waals surface area contributed by atoms with Gasteiger partial charge in [-0.2, -0.15) is 4.99 Å². The summed E-state index contributed by atoms with van der Waals surface area (Å²) >= 11 is 0. The number of rotatable bonds is 3. The third-order valence-electron chi connectivity index (χ3n) is 3.67. The van der Waals surface area contributed by atoms with Crippen LogP contribution in [0.15, 0.2) is 21.5 Å². The molecular formula is C11H18N5O4+. The SMILES string of the molecule is COC[C@H]1O[C@@H]([NH+]2C=NC3=C(N)NC=NC32)[C@H](O)[C@@H]1O. The Morgan fingerprint density at radius 3 is 3.05 bits per heavy atom. The van der Waals surface area contributed by atoms with E-state index in [2.05, 4.69) is 15.3 Å². The predicted molar refractivity (Wildman–Crippen MR) is 68.6 cm³/mol. The second kappa shape index (κ2) is 5.11. The fourth-order valence-corrected chi connectivity index (χ4v) is 2.63. The highest BCUT2D eigenvalue weighted by Gasteiger charge is 2.52. The largest absolute Gasteiger partial charge is 0.387 e. The van der Waals surface area contributed by atoms with Crippen LogP contribution in [-0.4, -0.2) is 67.3 Å². The summed E-state index contributed by atoms with van der Waals surface area (Å²) in [4.78, 5) is 9.15. The molecule has 9 heteroatoms. The van der Waals surface area contributed by atoms with E-state index in [1.165, 1.54) is 13.4 Å². The van der Waals surface area contributed by atoms with E-state index in [1.54, 1.807) is 6.34 Å². The molecule has 3 rings (SSSR count). The smallest absolute Gasteiger partial charge is 0.237 e. The summed E-state index contributed by atoms with van der Waals surface area (Å²) in [5.74, 6) is 0.428. The highest BCUT2D eigenvalue weighted by atomic mass is 16.6. The summed E-state index contributed by atoms with van der Waals surface area (Å²) in [6, 6.07) is 0. The molecule has 1 saturated heterocycles. The van der Waals surface area contributed by atoms with Crippen LogP contribution >= 0.6 is 0 Å². The number of ether oxygens (including phenoxy) is 2. The van der Waals surface area contributed by atoms with Gasteiger partial charge in [-0.25, -0.2) is 9.89 Å². The van der Waals surface area contributed by atoms with E-state index in [-0.39, 0.29) is 12.8 Å².